The predicted molar refractivity (Wildman–Crippen MR) is 71.5 cm³/mol. The minimum Gasteiger partial charge on any atom is -0.480 e. The Morgan fingerprint density at radius 2 is 2.15 bits per heavy atom. The molecule has 0 atom stereocenters. The van der Waals surface area contributed by atoms with Crippen molar-refractivity contribution in [2.75, 3.05) is 32.1 Å². The van der Waals surface area contributed by atoms with E-state index in [1.807, 2.05) is 0 Å². The highest BCUT2D eigenvalue weighted by Gasteiger charge is 2.17. The Morgan fingerprint density at radius 1 is 1.45 bits per heavy atom. The number of carboxylic acid groups (broad SMARTS) is 1. The third-order valence-electron chi connectivity index (χ3n) is 2.29. The van der Waals surface area contributed by atoms with Crippen molar-refractivity contribution in [3.8, 4) is 0 Å². The molecule has 8 heteroatoms. The molecule has 0 unspecified atom stereocenters. The van der Waals surface area contributed by atoms with Gasteiger partial charge < -0.3 is 20.1 Å². The SMILES string of the molecule is COCCN(CC(=O)O)C(=O)Nc1cc(F)cc(Cl)c1. The molecule has 20 heavy (non-hydrogen) atoms. The molecule has 0 spiro atoms. The van der Waals surface area contributed by atoms with Crippen LogP contribution in [0.4, 0.5) is 14.9 Å². The van der Waals surface area contributed by atoms with Crippen molar-refractivity contribution in [3.63, 3.8) is 0 Å². The zero-order chi connectivity index (χ0) is 15.1. The minimum atomic E-state index is -1.16. The first-order valence-corrected chi connectivity index (χ1v) is 6.03. The Morgan fingerprint density at radius 3 is 2.70 bits per heavy atom. The number of nitrogens with zero attached hydrogens (tertiary/aromatic N) is 1. The summed E-state index contributed by atoms with van der Waals surface area (Å²) in [5, 5.41) is 11.3. The molecule has 0 heterocycles. The first kappa shape index (κ1) is 16.2. The second kappa shape index (κ2) is 7.66. The molecule has 0 bridgehead atoms. The van der Waals surface area contributed by atoms with Crippen molar-refractivity contribution in [3.05, 3.63) is 29.0 Å². The molecule has 2 amide bonds. The lowest BCUT2D eigenvalue weighted by Gasteiger charge is -2.20. The predicted octanol–water partition coefficient (Wildman–Crippen LogP) is 2.04. The van der Waals surface area contributed by atoms with Gasteiger partial charge in [-0.05, 0) is 18.2 Å². The van der Waals surface area contributed by atoms with Gasteiger partial charge in [-0.2, -0.15) is 0 Å². The summed E-state index contributed by atoms with van der Waals surface area (Å²) < 4.78 is 17.9. The fourth-order valence-electron chi connectivity index (χ4n) is 1.45. The van der Waals surface area contributed by atoms with E-state index in [2.05, 4.69) is 5.32 Å². The summed E-state index contributed by atoms with van der Waals surface area (Å²) in [7, 11) is 1.43. The standard InChI is InChI=1S/C12H14ClFN2O4/c1-20-3-2-16(7-11(17)18)12(19)15-10-5-8(13)4-9(14)6-10/h4-6H,2-3,7H2,1H3,(H,15,19)(H,17,18). The van der Waals surface area contributed by atoms with Gasteiger partial charge in [-0.15, -0.1) is 0 Å². The normalized spacial score (nSPS) is 10.2. The van der Waals surface area contributed by atoms with Crippen LogP contribution >= 0.6 is 11.6 Å². The summed E-state index contributed by atoms with van der Waals surface area (Å²) in [6.07, 6.45) is 0. The molecule has 110 valence electrons. The van der Waals surface area contributed by atoms with Crippen LogP contribution < -0.4 is 5.32 Å². The monoisotopic (exact) mass is 304 g/mol. The van der Waals surface area contributed by atoms with Crippen molar-refractivity contribution >= 4 is 29.3 Å². The van der Waals surface area contributed by atoms with Gasteiger partial charge in [-0.25, -0.2) is 9.18 Å². The number of hydrogen-bond acceptors (Lipinski definition) is 3. The first-order chi connectivity index (χ1) is 9.42. The highest BCUT2D eigenvalue weighted by Crippen LogP contribution is 2.18. The van der Waals surface area contributed by atoms with Crippen LogP contribution in [-0.2, 0) is 9.53 Å². The molecular weight excluding hydrogens is 291 g/mol. The molecular formula is C12H14ClFN2O4. The van der Waals surface area contributed by atoms with E-state index in [0.29, 0.717) is 0 Å². The van der Waals surface area contributed by atoms with E-state index < -0.39 is 24.4 Å². The molecule has 0 aliphatic rings. The lowest BCUT2D eigenvalue weighted by molar-refractivity contribution is -0.137. The number of carbonyl (C=O) groups excluding carboxylic acids is 1. The number of rotatable bonds is 6. The van der Waals surface area contributed by atoms with Gasteiger partial charge in [0.2, 0.25) is 0 Å². The second-order valence-electron chi connectivity index (χ2n) is 3.90. The minimum absolute atomic E-state index is 0.0949. The van der Waals surface area contributed by atoms with Gasteiger partial charge in [0.15, 0.2) is 0 Å². The molecule has 0 radical (unpaired) electrons. The number of carboxylic acids is 1. The molecule has 0 saturated carbocycles. The van der Waals surface area contributed by atoms with Crippen LogP contribution in [0.5, 0.6) is 0 Å². The van der Waals surface area contributed by atoms with Crippen LogP contribution in [0.1, 0.15) is 0 Å². The number of halogens is 2. The van der Waals surface area contributed by atoms with E-state index in [-0.39, 0.29) is 23.9 Å². The summed E-state index contributed by atoms with van der Waals surface area (Å²) >= 11 is 5.66. The molecule has 0 aliphatic heterocycles. The maximum absolute atomic E-state index is 13.1. The van der Waals surface area contributed by atoms with E-state index in [4.69, 9.17) is 21.4 Å². The van der Waals surface area contributed by atoms with Gasteiger partial charge in [0.1, 0.15) is 12.4 Å². The number of urea groups is 1. The van der Waals surface area contributed by atoms with Crippen molar-refractivity contribution in [2.24, 2.45) is 0 Å². The number of ether oxygens (including phenoxy) is 1. The van der Waals surface area contributed by atoms with E-state index in [9.17, 15) is 14.0 Å². The highest BCUT2D eigenvalue weighted by molar-refractivity contribution is 6.30. The van der Waals surface area contributed by atoms with E-state index in [1.54, 1.807) is 0 Å². The van der Waals surface area contributed by atoms with Crippen LogP contribution in [0.2, 0.25) is 5.02 Å². The average Bonchev–Trinajstić information content (AvgIpc) is 2.32. The zero-order valence-corrected chi connectivity index (χ0v) is 11.5. The highest BCUT2D eigenvalue weighted by atomic mass is 35.5. The fourth-order valence-corrected chi connectivity index (χ4v) is 1.67. The van der Waals surface area contributed by atoms with Crippen LogP contribution in [0.25, 0.3) is 0 Å². The summed E-state index contributed by atoms with van der Waals surface area (Å²) in [5.41, 5.74) is 0.146. The maximum Gasteiger partial charge on any atom is 0.323 e. The van der Waals surface area contributed by atoms with Crippen molar-refractivity contribution < 1.29 is 23.8 Å². The van der Waals surface area contributed by atoms with Gasteiger partial charge in [-0.1, -0.05) is 11.6 Å². The fraction of sp³-hybridized carbons (Fsp3) is 0.333. The number of hydrogen-bond donors (Lipinski definition) is 2. The van der Waals surface area contributed by atoms with Gasteiger partial charge >= 0.3 is 12.0 Å². The Labute approximate surface area is 120 Å². The van der Waals surface area contributed by atoms with Crippen LogP contribution in [0.15, 0.2) is 18.2 Å². The van der Waals surface area contributed by atoms with E-state index in [1.165, 1.54) is 13.2 Å². The maximum atomic E-state index is 13.1. The molecule has 0 fully saturated rings. The molecule has 0 aromatic heterocycles. The molecule has 1 aromatic rings. The quantitative estimate of drug-likeness (QED) is 0.843. The Balaban J connectivity index is 2.75. The molecule has 0 aliphatic carbocycles. The van der Waals surface area contributed by atoms with Gasteiger partial charge in [-0.3, -0.25) is 4.79 Å². The lowest BCUT2D eigenvalue weighted by atomic mass is 10.3. The zero-order valence-electron chi connectivity index (χ0n) is 10.7. The largest absolute Gasteiger partial charge is 0.480 e. The van der Waals surface area contributed by atoms with Gasteiger partial charge in [0.25, 0.3) is 0 Å². The number of carbonyl (C=O) groups is 2. The number of aliphatic carboxylic acids is 1. The number of benzene rings is 1. The molecule has 1 aromatic carbocycles. The molecule has 6 nitrogen and oxygen atoms in total. The number of nitrogens with one attached hydrogen (secondary N) is 1. The van der Waals surface area contributed by atoms with Crippen LogP contribution in [-0.4, -0.2) is 48.8 Å². The van der Waals surface area contributed by atoms with E-state index >= 15 is 0 Å². The third kappa shape index (κ3) is 5.41. The van der Waals surface area contributed by atoms with Crippen molar-refractivity contribution in [1.29, 1.82) is 0 Å². The summed E-state index contributed by atoms with van der Waals surface area (Å²) in [6.45, 7) is -0.208. The smallest absolute Gasteiger partial charge is 0.323 e. The van der Waals surface area contributed by atoms with Gasteiger partial charge in [0, 0.05) is 24.4 Å². The molecule has 1 rings (SSSR count). The Kier molecular flexibility index (Phi) is 6.20. The Bertz CT molecular complexity index is 478. The third-order valence-corrected chi connectivity index (χ3v) is 2.51. The summed E-state index contributed by atoms with van der Waals surface area (Å²) in [4.78, 5) is 23.6. The van der Waals surface area contributed by atoms with E-state index in [0.717, 1.165) is 17.0 Å². The first-order valence-electron chi connectivity index (χ1n) is 5.65. The lowest BCUT2D eigenvalue weighted by Crippen LogP contribution is -2.40. The second-order valence-corrected chi connectivity index (χ2v) is 4.33. The number of anilines is 1. The van der Waals surface area contributed by atoms with Crippen molar-refractivity contribution in [2.45, 2.75) is 0 Å². The number of methoxy groups -OCH3 is 1. The van der Waals surface area contributed by atoms with Gasteiger partial charge in [0.05, 0.1) is 6.61 Å². The number of amides is 2. The van der Waals surface area contributed by atoms with Crippen molar-refractivity contribution in [1.82, 2.24) is 4.90 Å². The summed E-state index contributed by atoms with van der Waals surface area (Å²) in [5.74, 6) is -1.76. The van der Waals surface area contributed by atoms with Crippen LogP contribution in [0, 0.1) is 5.82 Å². The molecule has 0 saturated heterocycles. The summed E-state index contributed by atoms with van der Waals surface area (Å²) in [6, 6.07) is 2.86. The van der Waals surface area contributed by atoms with Crippen LogP contribution in [0.3, 0.4) is 0 Å². The molecule has 2 N–H and O–H groups in total. The average molecular weight is 305 g/mol. The topological polar surface area (TPSA) is 78.9 Å². The Hall–Kier alpha value is -1.86.